The largest absolute Gasteiger partial charge is 0.391 e. The van der Waals surface area contributed by atoms with Crippen LogP contribution in [-0.4, -0.2) is 34.5 Å². The maximum absolute atomic E-state index is 12.3. The lowest BCUT2D eigenvalue weighted by atomic mass is 9.76. The SMILES string of the molecule is CC(C)(C)CC(O)CN1C(=O)CC2(CCCC2)CC1=O. The summed E-state index contributed by atoms with van der Waals surface area (Å²) in [5.41, 5.74) is -0.0619. The van der Waals surface area contributed by atoms with E-state index in [4.69, 9.17) is 0 Å². The Morgan fingerprint density at radius 2 is 1.65 bits per heavy atom. The van der Waals surface area contributed by atoms with Crippen LogP contribution >= 0.6 is 0 Å². The second kappa shape index (κ2) is 5.47. The first-order valence-corrected chi connectivity index (χ1v) is 7.72. The Morgan fingerprint density at radius 1 is 1.15 bits per heavy atom. The molecule has 1 aliphatic heterocycles. The fourth-order valence-electron chi connectivity index (χ4n) is 3.70. The van der Waals surface area contributed by atoms with Gasteiger partial charge >= 0.3 is 0 Å². The molecule has 4 heteroatoms. The van der Waals surface area contributed by atoms with Crippen LogP contribution in [0.4, 0.5) is 0 Å². The molecule has 0 aromatic rings. The van der Waals surface area contributed by atoms with Crippen molar-refractivity contribution in [3.05, 3.63) is 0 Å². The zero-order valence-electron chi connectivity index (χ0n) is 12.9. The monoisotopic (exact) mass is 281 g/mol. The van der Waals surface area contributed by atoms with Crippen LogP contribution in [0.5, 0.6) is 0 Å². The summed E-state index contributed by atoms with van der Waals surface area (Å²) >= 11 is 0. The highest BCUT2D eigenvalue weighted by Crippen LogP contribution is 2.46. The molecule has 0 aromatic carbocycles. The van der Waals surface area contributed by atoms with Gasteiger partial charge in [-0.05, 0) is 30.1 Å². The number of likely N-dealkylation sites (tertiary alicyclic amines) is 1. The Labute approximate surface area is 121 Å². The summed E-state index contributed by atoms with van der Waals surface area (Å²) < 4.78 is 0. The van der Waals surface area contributed by atoms with E-state index < -0.39 is 6.10 Å². The van der Waals surface area contributed by atoms with E-state index in [2.05, 4.69) is 0 Å². The minimum Gasteiger partial charge on any atom is -0.391 e. The highest BCUT2D eigenvalue weighted by atomic mass is 16.3. The first kappa shape index (κ1) is 15.5. The van der Waals surface area contributed by atoms with Gasteiger partial charge in [-0.25, -0.2) is 0 Å². The predicted octanol–water partition coefficient (Wildman–Crippen LogP) is 2.49. The highest BCUT2D eigenvalue weighted by Gasteiger charge is 2.45. The van der Waals surface area contributed by atoms with Gasteiger partial charge < -0.3 is 5.11 Å². The van der Waals surface area contributed by atoms with Crippen molar-refractivity contribution in [3.8, 4) is 0 Å². The van der Waals surface area contributed by atoms with Gasteiger partial charge in [0.2, 0.25) is 11.8 Å². The second-order valence-electron chi connectivity index (χ2n) is 7.88. The normalized spacial score (nSPS) is 24.5. The molecular weight excluding hydrogens is 254 g/mol. The number of hydrogen-bond donors (Lipinski definition) is 1. The van der Waals surface area contributed by atoms with Crippen LogP contribution in [0.25, 0.3) is 0 Å². The van der Waals surface area contributed by atoms with Crippen LogP contribution in [0.3, 0.4) is 0 Å². The van der Waals surface area contributed by atoms with Crippen molar-refractivity contribution in [2.45, 2.75) is 71.8 Å². The van der Waals surface area contributed by atoms with Crippen molar-refractivity contribution < 1.29 is 14.7 Å². The lowest BCUT2D eigenvalue weighted by molar-refractivity contribution is -0.155. The Hall–Kier alpha value is -0.900. The quantitative estimate of drug-likeness (QED) is 0.809. The summed E-state index contributed by atoms with van der Waals surface area (Å²) in [4.78, 5) is 25.8. The molecule has 1 heterocycles. The van der Waals surface area contributed by atoms with Crippen LogP contribution in [0.2, 0.25) is 0 Å². The second-order valence-corrected chi connectivity index (χ2v) is 7.88. The highest BCUT2D eigenvalue weighted by molar-refractivity contribution is 5.98. The molecule has 1 N–H and O–H groups in total. The summed E-state index contributed by atoms with van der Waals surface area (Å²) in [5, 5.41) is 10.1. The predicted molar refractivity (Wildman–Crippen MR) is 76.9 cm³/mol. The average Bonchev–Trinajstić information content (AvgIpc) is 2.69. The molecule has 1 atom stereocenters. The molecule has 1 unspecified atom stereocenters. The molecule has 0 bridgehead atoms. The lowest BCUT2D eigenvalue weighted by Crippen LogP contribution is -2.50. The Bertz CT molecular complexity index is 371. The van der Waals surface area contributed by atoms with Crippen LogP contribution in [0.1, 0.15) is 65.7 Å². The standard InChI is InChI=1S/C16H27NO3/c1-15(2,3)8-12(18)11-17-13(19)9-16(10-14(17)20)6-4-5-7-16/h12,18H,4-11H2,1-3H3. The number of aliphatic hydroxyl groups excluding tert-OH is 1. The number of aliphatic hydroxyl groups is 1. The molecule has 0 aromatic heterocycles. The van der Waals surface area contributed by atoms with E-state index in [1.807, 2.05) is 20.8 Å². The van der Waals surface area contributed by atoms with Gasteiger partial charge in [0.25, 0.3) is 0 Å². The molecule has 1 aliphatic carbocycles. The van der Waals surface area contributed by atoms with Crippen molar-refractivity contribution in [2.24, 2.45) is 10.8 Å². The first-order valence-electron chi connectivity index (χ1n) is 7.72. The van der Waals surface area contributed by atoms with Crippen molar-refractivity contribution in [2.75, 3.05) is 6.54 Å². The fraction of sp³-hybridized carbons (Fsp3) is 0.875. The zero-order chi connectivity index (χ0) is 15.0. The summed E-state index contributed by atoms with van der Waals surface area (Å²) in [6.07, 6.45) is 5.21. The molecule has 1 saturated carbocycles. The lowest BCUT2D eigenvalue weighted by Gasteiger charge is -2.38. The van der Waals surface area contributed by atoms with Crippen molar-refractivity contribution in [3.63, 3.8) is 0 Å². The minimum atomic E-state index is -0.625. The zero-order valence-corrected chi connectivity index (χ0v) is 12.9. The topological polar surface area (TPSA) is 57.6 Å². The van der Waals surface area contributed by atoms with Crippen molar-refractivity contribution >= 4 is 11.8 Å². The number of hydrogen-bond acceptors (Lipinski definition) is 3. The number of imide groups is 1. The van der Waals surface area contributed by atoms with Gasteiger partial charge in [0.15, 0.2) is 0 Å². The van der Waals surface area contributed by atoms with Crippen molar-refractivity contribution in [1.29, 1.82) is 0 Å². The third-order valence-corrected chi connectivity index (χ3v) is 4.56. The number of piperidine rings is 1. The maximum atomic E-state index is 12.3. The van der Waals surface area contributed by atoms with Gasteiger partial charge in [0.05, 0.1) is 12.6 Å². The molecule has 2 amide bonds. The summed E-state index contributed by atoms with van der Waals surface area (Å²) in [5.74, 6) is -0.174. The van der Waals surface area contributed by atoms with E-state index in [0.29, 0.717) is 19.3 Å². The molecular formula is C16H27NO3. The fourth-order valence-corrected chi connectivity index (χ4v) is 3.70. The molecule has 1 spiro atoms. The third kappa shape index (κ3) is 3.60. The van der Waals surface area contributed by atoms with Crippen molar-refractivity contribution in [1.82, 2.24) is 4.90 Å². The van der Waals surface area contributed by atoms with Gasteiger partial charge in [-0.15, -0.1) is 0 Å². The molecule has 114 valence electrons. The Balaban J connectivity index is 1.96. The molecule has 2 rings (SSSR count). The summed E-state index contributed by atoms with van der Waals surface area (Å²) in [7, 11) is 0. The van der Waals surface area contributed by atoms with E-state index in [-0.39, 0.29) is 29.2 Å². The molecule has 1 saturated heterocycles. The summed E-state index contributed by atoms with van der Waals surface area (Å²) in [6, 6.07) is 0. The molecule has 4 nitrogen and oxygen atoms in total. The number of carbonyl (C=O) groups excluding carboxylic acids is 2. The Kier molecular flexibility index (Phi) is 4.24. The van der Waals surface area contributed by atoms with Gasteiger partial charge in [0, 0.05) is 12.8 Å². The third-order valence-electron chi connectivity index (χ3n) is 4.56. The number of β-amino-alcohol motifs (C(OH)–C–C–N with tert-alkyl or cyclic N) is 1. The number of carbonyl (C=O) groups is 2. The number of rotatable bonds is 3. The van der Waals surface area contributed by atoms with E-state index in [1.165, 1.54) is 4.90 Å². The average molecular weight is 281 g/mol. The van der Waals surface area contributed by atoms with E-state index in [0.717, 1.165) is 25.7 Å². The first-order chi connectivity index (χ1) is 9.21. The minimum absolute atomic E-state index is 0.00598. The molecule has 2 aliphatic rings. The molecule has 20 heavy (non-hydrogen) atoms. The van der Waals surface area contributed by atoms with E-state index in [9.17, 15) is 14.7 Å². The van der Waals surface area contributed by atoms with E-state index in [1.54, 1.807) is 0 Å². The van der Waals surface area contributed by atoms with Crippen LogP contribution in [0.15, 0.2) is 0 Å². The maximum Gasteiger partial charge on any atom is 0.229 e. The van der Waals surface area contributed by atoms with Gasteiger partial charge in [-0.1, -0.05) is 33.6 Å². The summed E-state index contributed by atoms with van der Waals surface area (Å²) in [6.45, 7) is 6.29. The Morgan fingerprint density at radius 3 is 2.10 bits per heavy atom. The van der Waals surface area contributed by atoms with Gasteiger partial charge in [-0.2, -0.15) is 0 Å². The molecule has 0 radical (unpaired) electrons. The molecule has 2 fully saturated rings. The number of nitrogens with zero attached hydrogens (tertiary/aromatic N) is 1. The van der Waals surface area contributed by atoms with E-state index >= 15 is 0 Å². The van der Waals surface area contributed by atoms with Gasteiger partial charge in [0.1, 0.15) is 0 Å². The smallest absolute Gasteiger partial charge is 0.229 e. The van der Waals surface area contributed by atoms with Crippen LogP contribution in [0, 0.1) is 10.8 Å². The van der Waals surface area contributed by atoms with Crippen LogP contribution < -0.4 is 0 Å². The number of amides is 2. The van der Waals surface area contributed by atoms with Gasteiger partial charge in [-0.3, -0.25) is 14.5 Å². The van der Waals surface area contributed by atoms with Crippen LogP contribution in [-0.2, 0) is 9.59 Å².